The molecule has 0 saturated carbocycles. The fourth-order valence-electron chi connectivity index (χ4n) is 1.34. The van der Waals surface area contributed by atoms with E-state index >= 15 is 0 Å². The molecule has 0 fully saturated rings. The largest absolute Gasteiger partial charge is 0.480 e. The number of rotatable bonds is 1. The lowest BCUT2D eigenvalue weighted by atomic mass is 10.2. The van der Waals surface area contributed by atoms with E-state index in [1.54, 1.807) is 6.07 Å². The molecule has 2 N–H and O–H groups in total. The van der Waals surface area contributed by atoms with Crippen LogP contribution in [0.1, 0.15) is 5.69 Å². The van der Waals surface area contributed by atoms with Crippen LogP contribution < -0.4 is 5.32 Å². The molecule has 0 bridgehead atoms. The molecule has 68 valence electrons. The minimum Gasteiger partial charge on any atom is -0.480 e. The minimum absolute atomic E-state index is 0.449. The second-order valence-electron chi connectivity index (χ2n) is 2.87. The molecule has 0 aromatic carbocycles. The van der Waals surface area contributed by atoms with Crippen molar-refractivity contribution in [3.05, 3.63) is 22.4 Å². The van der Waals surface area contributed by atoms with E-state index in [4.69, 9.17) is 5.11 Å². The van der Waals surface area contributed by atoms with Gasteiger partial charge in [0.2, 0.25) is 0 Å². The van der Waals surface area contributed by atoms with Crippen molar-refractivity contribution in [2.24, 2.45) is 0 Å². The standard InChI is InChI=1S/C8H7BrN2O2/c9-7-2-1-4-5(11-7)3-6(10-4)8(12)13/h1-2,6,10H,3H2,(H,12,13). The van der Waals surface area contributed by atoms with Gasteiger partial charge in [0.15, 0.2) is 0 Å². The maximum absolute atomic E-state index is 10.7. The summed E-state index contributed by atoms with van der Waals surface area (Å²) >= 11 is 3.24. The second-order valence-corrected chi connectivity index (χ2v) is 3.68. The zero-order valence-corrected chi connectivity index (χ0v) is 8.21. The zero-order valence-electron chi connectivity index (χ0n) is 6.62. The fraction of sp³-hybridized carbons (Fsp3) is 0.250. The van der Waals surface area contributed by atoms with Crippen LogP contribution in [0, 0.1) is 0 Å². The van der Waals surface area contributed by atoms with E-state index < -0.39 is 12.0 Å². The third kappa shape index (κ3) is 1.51. The van der Waals surface area contributed by atoms with Gasteiger partial charge in [-0.2, -0.15) is 0 Å². The quantitative estimate of drug-likeness (QED) is 0.729. The van der Waals surface area contributed by atoms with Crippen molar-refractivity contribution < 1.29 is 9.90 Å². The van der Waals surface area contributed by atoms with Crippen molar-refractivity contribution >= 4 is 27.6 Å². The molecule has 1 aromatic rings. The van der Waals surface area contributed by atoms with Crippen molar-refractivity contribution in [1.29, 1.82) is 0 Å². The van der Waals surface area contributed by atoms with E-state index in [2.05, 4.69) is 26.2 Å². The van der Waals surface area contributed by atoms with Crippen LogP contribution in [0.25, 0.3) is 0 Å². The van der Waals surface area contributed by atoms with Gasteiger partial charge in [0.05, 0.1) is 11.4 Å². The molecule has 0 saturated heterocycles. The van der Waals surface area contributed by atoms with Gasteiger partial charge in [0, 0.05) is 6.42 Å². The monoisotopic (exact) mass is 242 g/mol. The highest BCUT2D eigenvalue weighted by Gasteiger charge is 2.27. The predicted molar refractivity (Wildman–Crippen MR) is 50.7 cm³/mol. The van der Waals surface area contributed by atoms with Gasteiger partial charge in [-0.05, 0) is 28.1 Å². The predicted octanol–water partition coefficient (Wildman–Crippen LogP) is 1.27. The van der Waals surface area contributed by atoms with Crippen molar-refractivity contribution in [3.63, 3.8) is 0 Å². The Bertz CT molecular complexity index is 367. The number of anilines is 1. The number of nitrogens with zero attached hydrogens (tertiary/aromatic N) is 1. The summed E-state index contributed by atoms with van der Waals surface area (Å²) in [5.41, 5.74) is 1.62. The van der Waals surface area contributed by atoms with Crippen LogP contribution in [0.4, 0.5) is 5.69 Å². The molecule has 0 aliphatic carbocycles. The van der Waals surface area contributed by atoms with Crippen molar-refractivity contribution in [3.8, 4) is 0 Å². The number of carboxylic acid groups (broad SMARTS) is 1. The minimum atomic E-state index is -0.839. The average Bonchev–Trinajstić information content (AvgIpc) is 2.46. The lowest BCUT2D eigenvalue weighted by molar-refractivity contribution is -0.137. The Balaban J connectivity index is 2.30. The number of pyridine rings is 1. The van der Waals surface area contributed by atoms with Crippen LogP contribution in [0.3, 0.4) is 0 Å². The first-order valence-corrected chi connectivity index (χ1v) is 4.61. The van der Waals surface area contributed by atoms with Crippen LogP contribution in [-0.4, -0.2) is 22.1 Å². The van der Waals surface area contributed by atoms with Crippen molar-refractivity contribution in [2.45, 2.75) is 12.5 Å². The SMILES string of the molecule is O=C(O)C1Cc2nc(Br)ccc2N1. The van der Waals surface area contributed by atoms with E-state index in [9.17, 15) is 4.79 Å². The van der Waals surface area contributed by atoms with Crippen LogP contribution >= 0.6 is 15.9 Å². The summed E-state index contributed by atoms with van der Waals surface area (Å²) in [6.07, 6.45) is 0.449. The maximum atomic E-state index is 10.7. The molecule has 1 atom stereocenters. The molecule has 1 unspecified atom stereocenters. The van der Waals surface area contributed by atoms with Gasteiger partial charge in [-0.1, -0.05) is 0 Å². The first-order chi connectivity index (χ1) is 6.16. The van der Waals surface area contributed by atoms with Crippen LogP contribution in [0.15, 0.2) is 16.7 Å². The number of aromatic nitrogens is 1. The topological polar surface area (TPSA) is 62.2 Å². The summed E-state index contributed by atoms with van der Waals surface area (Å²) in [4.78, 5) is 14.8. The Morgan fingerprint density at radius 1 is 1.69 bits per heavy atom. The van der Waals surface area contributed by atoms with Crippen LogP contribution in [0.5, 0.6) is 0 Å². The number of hydrogen-bond donors (Lipinski definition) is 2. The molecule has 0 spiro atoms. The Hall–Kier alpha value is -1.10. The van der Waals surface area contributed by atoms with E-state index in [1.165, 1.54) is 0 Å². The highest BCUT2D eigenvalue weighted by molar-refractivity contribution is 9.10. The van der Waals surface area contributed by atoms with Crippen LogP contribution in [-0.2, 0) is 11.2 Å². The number of nitrogens with one attached hydrogen (secondary N) is 1. The Morgan fingerprint density at radius 3 is 3.15 bits per heavy atom. The van der Waals surface area contributed by atoms with Gasteiger partial charge in [-0.3, -0.25) is 0 Å². The highest BCUT2D eigenvalue weighted by Crippen LogP contribution is 2.25. The van der Waals surface area contributed by atoms with Crippen LogP contribution in [0.2, 0.25) is 0 Å². The lowest BCUT2D eigenvalue weighted by Crippen LogP contribution is -2.26. The number of halogens is 1. The summed E-state index contributed by atoms with van der Waals surface area (Å²) < 4.78 is 0.735. The molecule has 0 radical (unpaired) electrons. The number of aliphatic carboxylic acids is 1. The third-order valence-electron chi connectivity index (χ3n) is 1.97. The Kier molecular flexibility index (Phi) is 1.95. The average molecular weight is 243 g/mol. The molecule has 13 heavy (non-hydrogen) atoms. The number of carboxylic acids is 1. The number of hydrogen-bond acceptors (Lipinski definition) is 3. The summed E-state index contributed by atoms with van der Waals surface area (Å²) in [6, 6.07) is 3.09. The van der Waals surface area contributed by atoms with Gasteiger partial charge in [0.25, 0.3) is 0 Å². The maximum Gasteiger partial charge on any atom is 0.326 e. The zero-order chi connectivity index (χ0) is 9.42. The fourth-order valence-corrected chi connectivity index (χ4v) is 1.69. The first kappa shape index (κ1) is 8.50. The number of fused-ring (bicyclic) bond motifs is 1. The van der Waals surface area contributed by atoms with Gasteiger partial charge in [-0.15, -0.1) is 0 Å². The smallest absolute Gasteiger partial charge is 0.326 e. The van der Waals surface area contributed by atoms with Crippen molar-refractivity contribution in [1.82, 2.24) is 4.98 Å². The molecule has 0 amide bonds. The highest BCUT2D eigenvalue weighted by atomic mass is 79.9. The second kappa shape index (κ2) is 2.99. The van der Waals surface area contributed by atoms with Gasteiger partial charge >= 0.3 is 5.97 Å². The van der Waals surface area contributed by atoms with Gasteiger partial charge < -0.3 is 10.4 Å². The molecule has 2 rings (SSSR count). The summed E-state index contributed by atoms with van der Waals surface area (Å²) in [6.45, 7) is 0. The summed E-state index contributed by atoms with van der Waals surface area (Å²) in [5, 5.41) is 11.6. The molecule has 1 aliphatic rings. The molecule has 2 heterocycles. The summed E-state index contributed by atoms with van der Waals surface area (Å²) in [5.74, 6) is -0.839. The normalized spacial score (nSPS) is 19.3. The number of carbonyl (C=O) groups is 1. The van der Waals surface area contributed by atoms with Gasteiger partial charge in [-0.25, -0.2) is 9.78 Å². The Morgan fingerprint density at radius 2 is 2.46 bits per heavy atom. The summed E-state index contributed by atoms with van der Waals surface area (Å²) in [7, 11) is 0. The molecule has 5 heteroatoms. The molecule has 4 nitrogen and oxygen atoms in total. The Labute approximate surface area is 83.1 Å². The van der Waals surface area contributed by atoms with E-state index in [-0.39, 0.29) is 0 Å². The molecule has 1 aliphatic heterocycles. The molecular formula is C8H7BrN2O2. The van der Waals surface area contributed by atoms with E-state index in [0.717, 1.165) is 16.0 Å². The lowest BCUT2D eigenvalue weighted by Gasteiger charge is -2.02. The molecule has 1 aromatic heterocycles. The van der Waals surface area contributed by atoms with E-state index in [0.29, 0.717) is 6.42 Å². The van der Waals surface area contributed by atoms with Crippen molar-refractivity contribution in [2.75, 3.05) is 5.32 Å². The van der Waals surface area contributed by atoms with Gasteiger partial charge in [0.1, 0.15) is 10.6 Å². The third-order valence-corrected chi connectivity index (χ3v) is 2.41. The first-order valence-electron chi connectivity index (χ1n) is 3.81. The molecular weight excluding hydrogens is 236 g/mol. The van der Waals surface area contributed by atoms with E-state index in [1.807, 2.05) is 6.07 Å².